The Morgan fingerprint density at radius 2 is 2.00 bits per heavy atom. The molecule has 0 atom stereocenters. The first kappa shape index (κ1) is 13.6. The van der Waals surface area contributed by atoms with E-state index in [-0.39, 0.29) is 5.82 Å². The van der Waals surface area contributed by atoms with Crippen LogP contribution in [0.15, 0.2) is 36.4 Å². The van der Waals surface area contributed by atoms with Crippen LogP contribution in [0, 0.1) is 6.92 Å². The Hall–Kier alpha value is -1.86. The quantitative estimate of drug-likeness (QED) is 0.871. The molecule has 0 amide bonds. The SMILES string of the molecule is Cc1cc(NS(=O)(=O)N(C)Cc2ccccc2)n[nH]1. The van der Waals surface area contributed by atoms with Crippen molar-refractivity contribution in [2.75, 3.05) is 11.8 Å². The van der Waals surface area contributed by atoms with Gasteiger partial charge in [-0.15, -0.1) is 0 Å². The lowest BCUT2D eigenvalue weighted by Crippen LogP contribution is -2.32. The van der Waals surface area contributed by atoms with Crippen molar-refractivity contribution in [3.05, 3.63) is 47.7 Å². The van der Waals surface area contributed by atoms with Gasteiger partial charge in [-0.2, -0.15) is 17.8 Å². The molecule has 0 saturated heterocycles. The van der Waals surface area contributed by atoms with Crippen LogP contribution in [0.25, 0.3) is 0 Å². The van der Waals surface area contributed by atoms with Gasteiger partial charge in [0.25, 0.3) is 0 Å². The van der Waals surface area contributed by atoms with E-state index in [0.717, 1.165) is 11.3 Å². The fraction of sp³-hybridized carbons (Fsp3) is 0.250. The summed E-state index contributed by atoms with van der Waals surface area (Å²) in [6.07, 6.45) is 0. The highest BCUT2D eigenvalue weighted by molar-refractivity contribution is 7.90. The Morgan fingerprint density at radius 1 is 1.32 bits per heavy atom. The second kappa shape index (κ2) is 5.41. The molecule has 0 bridgehead atoms. The maximum Gasteiger partial charge on any atom is 0.302 e. The van der Waals surface area contributed by atoms with Crippen LogP contribution >= 0.6 is 0 Å². The zero-order valence-corrected chi connectivity index (χ0v) is 11.6. The largest absolute Gasteiger partial charge is 0.302 e. The Kier molecular flexibility index (Phi) is 3.87. The van der Waals surface area contributed by atoms with E-state index in [1.807, 2.05) is 30.3 Å². The fourth-order valence-corrected chi connectivity index (χ4v) is 2.45. The van der Waals surface area contributed by atoms with Crippen LogP contribution in [0.3, 0.4) is 0 Å². The first-order valence-electron chi connectivity index (χ1n) is 5.77. The molecule has 0 unspecified atom stereocenters. The summed E-state index contributed by atoms with van der Waals surface area (Å²) in [7, 11) is -2.07. The third-order valence-corrected chi connectivity index (χ3v) is 4.01. The van der Waals surface area contributed by atoms with Crippen molar-refractivity contribution < 1.29 is 8.42 Å². The number of aromatic amines is 1. The first-order chi connectivity index (χ1) is 8.97. The van der Waals surface area contributed by atoms with E-state index in [0.29, 0.717) is 6.54 Å². The summed E-state index contributed by atoms with van der Waals surface area (Å²) in [5, 5.41) is 6.53. The first-order valence-corrected chi connectivity index (χ1v) is 7.21. The van der Waals surface area contributed by atoms with E-state index in [4.69, 9.17) is 0 Å². The number of aromatic nitrogens is 2. The van der Waals surface area contributed by atoms with Crippen LogP contribution in [0.4, 0.5) is 5.82 Å². The lowest BCUT2D eigenvalue weighted by atomic mass is 10.2. The average molecular weight is 280 g/mol. The predicted molar refractivity (Wildman–Crippen MR) is 73.8 cm³/mol. The zero-order valence-electron chi connectivity index (χ0n) is 10.8. The van der Waals surface area contributed by atoms with Crippen molar-refractivity contribution in [2.45, 2.75) is 13.5 Å². The van der Waals surface area contributed by atoms with Gasteiger partial charge in [-0.1, -0.05) is 30.3 Å². The molecule has 2 aromatic rings. The van der Waals surface area contributed by atoms with Gasteiger partial charge in [0.05, 0.1) is 0 Å². The third-order valence-electron chi connectivity index (χ3n) is 2.60. The van der Waals surface area contributed by atoms with E-state index in [2.05, 4.69) is 14.9 Å². The summed E-state index contributed by atoms with van der Waals surface area (Å²) in [5.74, 6) is 0.289. The van der Waals surface area contributed by atoms with Gasteiger partial charge in [-0.25, -0.2) is 0 Å². The lowest BCUT2D eigenvalue weighted by molar-refractivity contribution is 0.471. The van der Waals surface area contributed by atoms with Gasteiger partial charge in [0.2, 0.25) is 0 Å². The number of hydrogen-bond donors (Lipinski definition) is 2. The number of benzene rings is 1. The topological polar surface area (TPSA) is 78.1 Å². The van der Waals surface area contributed by atoms with Crippen molar-refractivity contribution in [3.63, 3.8) is 0 Å². The normalized spacial score (nSPS) is 11.7. The lowest BCUT2D eigenvalue weighted by Gasteiger charge is -2.17. The zero-order chi connectivity index (χ0) is 13.9. The number of anilines is 1. The highest BCUT2D eigenvalue weighted by atomic mass is 32.2. The summed E-state index contributed by atoms with van der Waals surface area (Å²) < 4.78 is 27.8. The maximum absolute atomic E-state index is 12.1. The molecule has 1 aromatic carbocycles. The van der Waals surface area contributed by atoms with Crippen molar-refractivity contribution in [1.82, 2.24) is 14.5 Å². The van der Waals surface area contributed by atoms with Gasteiger partial charge < -0.3 is 0 Å². The van der Waals surface area contributed by atoms with Gasteiger partial charge in [-0.3, -0.25) is 9.82 Å². The van der Waals surface area contributed by atoms with Gasteiger partial charge >= 0.3 is 10.2 Å². The summed E-state index contributed by atoms with van der Waals surface area (Å²) in [6.45, 7) is 2.11. The standard InChI is InChI=1S/C12H16N4O2S/c1-10-8-12(14-13-10)15-19(17,18)16(2)9-11-6-4-3-5-7-11/h3-8H,9H2,1-2H3,(H2,13,14,15). The summed E-state index contributed by atoms with van der Waals surface area (Å²) in [4.78, 5) is 0. The Labute approximate surface area is 112 Å². The second-order valence-electron chi connectivity index (χ2n) is 4.28. The van der Waals surface area contributed by atoms with E-state index in [1.54, 1.807) is 13.0 Å². The molecule has 2 N–H and O–H groups in total. The maximum atomic E-state index is 12.1. The molecule has 0 aliphatic rings. The fourth-order valence-electron chi connectivity index (χ4n) is 1.61. The minimum atomic E-state index is -3.60. The number of aryl methyl sites for hydroxylation is 1. The van der Waals surface area contributed by atoms with Crippen molar-refractivity contribution in [2.24, 2.45) is 0 Å². The molecular weight excluding hydrogens is 264 g/mol. The van der Waals surface area contributed by atoms with Gasteiger partial charge in [0, 0.05) is 25.4 Å². The van der Waals surface area contributed by atoms with Crippen LogP contribution in [-0.4, -0.2) is 30.0 Å². The molecule has 0 radical (unpaired) electrons. The molecule has 0 saturated carbocycles. The monoisotopic (exact) mass is 280 g/mol. The molecule has 0 aliphatic carbocycles. The van der Waals surface area contributed by atoms with E-state index >= 15 is 0 Å². The Bertz CT molecular complexity index is 637. The van der Waals surface area contributed by atoms with Crippen molar-refractivity contribution in [3.8, 4) is 0 Å². The second-order valence-corrected chi connectivity index (χ2v) is 6.06. The van der Waals surface area contributed by atoms with E-state index in [1.165, 1.54) is 11.4 Å². The molecule has 1 heterocycles. The average Bonchev–Trinajstić information content (AvgIpc) is 2.75. The summed E-state index contributed by atoms with van der Waals surface area (Å²) >= 11 is 0. The van der Waals surface area contributed by atoms with Gasteiger partial charge in [-0.05, 0) is 12.5 Å². The molecule has 102 valence electrons. The number of hydrogen-bond acceptors (Lipinski definition) is 3. The minimum Gasteiger partial charge on any atom is -0.281 e. The highest BCUT2D eigenvalue weighted by Crippen LogP contribution is 2.11. The Balaban J connectivity index is 2.07. The van der Waals surface area contributed by atoms with Crippen molar-refractivity contribution in [1.29, 1.82) is 0 Å². The number of nitrogens with one attached hydrogen (secondary N) is 2. The summed E-state index contributed by atoms with van der Waals surface area (Å²) in [5.41, 5.74) is 1.72. The smallest absolute Gasteiger partial charge is 0.281 e. The van der Waals surface area contributed by atoms with Crippen LogP contribution in [0.1, 0.15) is 11.3 Å². The van der Waals surface area contributed by atoms with E-state index < -0.39 is 10.2 Å². The van der Waals surface area contributed by atoms with Gasteiger partial charge in [0.15, 0.2) is 5.82 Å². The molecule has 1 aromatic heterocycles. The van der Waals surface area contributed by atoms with E-state index in [9.17, 15) is 8.42 Å². The third kappa shape index (κ3) is 3.55. The van der Waals surface area contributed by atoms with Crippen LogP contribution in [0.5, 0.6) is 0 Å². The van der Waals surface area contributed by atoms with Crippen molar-refractivity contribution >= 4 is 16.0 Å². The summed E-state index contributed by atoms with van der Waals surface area (Å²) in [6, 6.07) is 11.0. The van der Waals surface area contributed by atoms with Crippen LogP contribution in [0.2, 0.25) is 0 Å². The molecule has 7 heteroatoms. The predicted octanol–water partition coefficient (Wildman–Crippen LogP) is 1.51. The molecule has 2 rings (SSSR count). The van der Waals surface area contributed by atoms with Crippen LogP contribution in [-0.2, 0) is 16.8 Å². The van der Waals surface area contributed by atoms with Crippen LogP contribution < -0.4 is 4.72 Å². The molecule has 6 nitrogen and oxygen atoms in total. The molecule has 19 heavy (non-hydrogen) atoms. The number of H-pyrrole nitrogens is 1. The minimum absolute atomic E-state index is 0.289. The molecule has 0 spiro atoms. The molecule has 0 aliphatic heterocycles. The molecule has 0 fully saturated rings. The number of rotatable bonds is 5. The van der Waals surface area contributed by atoms with Gasteiger partial charge in [0.1, 0.15) is 0 Å². The number of nitrogens with zero attached hydrogens (tertiary/aromatic N) is 2. The highest BCUT2D eigenvalue weighted by Gasteiger charge is 2.18. The Morgan fingerprint density at radius 3 is 2.58 bits per heavy atom. The molecular formula is C12H16N4O2S.